The van der Waals surface area contributed by atoms with Gasteiger partial charge in [0.1, 0.15) is 6.61 Å². The van der Waals surface area contributed by atoms with Gasteiger partial charge in [-0.15, -0.1) is 11.3 Å². The van der Waals surface area contributed by atoms with E-state index in [4.69, 9.17) is 9.47 Å². The highest BCUT2D eigenvalue weighted by atomic mass is 32.1. The number of aromatic nitrogens is 1. The van der Waals surface area contributed by atoms with Crippen LogP contribution in [0.4, 0.5) is 0 Å². The first kappa shape index (κ1) is 16.8. The van der Waals surface area contributed by atoms with Crippen molar-refractivity contribution in [3.05, 3.63) is 16.1 Å². The fraction of sp³-hybridized carbons (Fsp3) is 0.750. The first-order valence-corrected chi connectivity index (χ1v) is 9.08. The lowest BCUT2D eigenvalue weighted by Crippen LogP contribution is -2.55. The van der Waals surface area contributed by atoms with Crippen molar-refractivity contribution in [3.8, 4) is 0 Å². The molecule has 3 rings (SSSR count). The van der Waals surface area contributed by atoms with Gasteiger partial charge in [0, 0.05) is 38.7 Å². The molecule has 0 bridgehead atoms. The van der Waals surface area contributed by atoms with Gasteiger partial charge in [0.15, 0.2) is 0 Å². The van der Waals surface area contributed by atoms with Gasteiger partial charge >= 0.3 is 0 Å². The molecule has 0 unspecified atom stereocenters. The average Bonchev–Trinajstić information content (AvgIpc) is 2.83. The molecule has 0 saturated carbocycles. The highest BCUT2D eigenvalue weighted by molar-refractivity contribution is 7.09. The number of carbonyl (C=O) groups excluding carboxylic acids is 1. The van der Waals surface area contributed by atoms with Gasteiger partial charge in [-0.3, -0.25) is 9.69 Å². The van der Waals surface area contributed by atoms with Crippen LogP contribution in [0.3, 0.4) is 0 Å². The molecule has 2 aliphatic rings. The molecule has 2 fully saturated rings. The summed E-state index contributed by atoms with van der Waals surface area (Å²) in [7, 11) is 1.67. The maximum atomic E-state index is 12.2. The van der Waals surface area contributed by atoms with E-state index in [1.807, 2.05) is 11.8 Å². The van der Waals surface area contributed by atoms with Crippen LogP contribution in [0, 0.1) is 6.92 Å². The van der Waals surface area contributed by atoms with Crippen LogP contribution in [-0.4, -0.2) is 72.8 Å². The predicted octanol–water partition coefficient (Wildman–Crippen LogP) is 1.29. The van der Waals surface area contributed by atoms with E-state index in [9.17, 15) is 4.79 Å². The molecule has 0 aliphatic carbocycles. The standard InChI is InChI=1S/C16H25N3O3S/c1-12-17-13(11-23-12)9-18-5-3-14-15(4-6-18)22-10-16(20)19(14)7-8-21-2/h11,14-15H,3-10H2,1-2H3/t14-,15-/m0/s1. The summed E-state index contributed by atoms with van der Waals surface area (Å²) in [6.07, 6.45) is 2.06. The molecule has 1 aromatic rings. The molecule has 3 heterocycles. The minimum atomic E-state index is 0.0897. The number of ether oxygens (including phenoxy) is 2. The summed E-state index contributed by atoms with van der Waals surface area (Å²) in [4.78, 5) is 21.1. The number of aryl methyl sites for hydroxylation is 1. The van der Waals surface area contributed by atoms with Crippen molar-refractivity contribution in [2.24, 2.45) is 0 Å². The molecule has 2 atom stereocenters. The van der Waals surface area contributed by atoms with E-state index in [1.165, 1.54) is 0 Å². The quantitative estimate of drug-likeness (QED) is 0.809. The van der Waals surface area contributed by atoms with Gasteiger partial charge in [0.25, 0.3) is 0 Å². The number of hydrogen-bond acceptors (Lipinski definition) is 6. The number of likely N-dealkylation sites (tertiary alicyclic amines) is 1. The van der Waals surface area contributed by atoms with E-state index in [2.05, 4.69) is 15.3 Å². The lowest BCUT2D eigenvalue weighted by molar-refractivity contribution is -0.158. The van der Waals surface area contributed by atoms with Crippen molar-refractivity contribution in [2.45, 2.75) is 38.5 Å². The average molecular weight is 339 g/mol. The highest BCUT2D eigenvalue weighted by Crippen LogP contribution is 2.25. The Morgan fingerprint density at radius 2 is 2.26 bits per heavy atom. The van der Waals surface area contributed by atoms with Gasteiger partial charge in [-0.2, -0.15) is 0 Å². The molecule has 0 radical (unpaired) electrons. The van der Waals surface area contributed by atoms with E-state index in [1.54, 1.807) is 18.4 Å². The summed E-state index contributed by atoms with van der Waals surface area (Å²) in [5.74, 6) is 0.0897. The zero-order valence-electron chi connectivity index (χ0n) is 13.9. The maximum absolute atomic E-state index is 12.2. The molecule has 1 amide bonds. The molecule has 0 aromatic carbocycles. The van der Waals surface area contributed by atoms with E-state index >= 15 is 0 Å². The number of fused-ring (bicyclic) bond motifs is 1. The Balaban J connectivity index is 1.62. The number of nitrogens with zero attached hydrogens (tertiary/aromatic N) is 3. The molecule has 2 aliphatic heterocycles. The molecule has 128 valence electrons. The Bertz CT molecular complexity index is 536. The second-order valence-corrected chi connectivity index (χ2v) is 7.27. The first-order valence-electron chi connectivity index (χ1n) is 8.20. The summed E-state index contributed by atoms with van der Waals surface area (Å²) < 4.78 is 11.0. The van der Waals surface area contributed by atoms with E-state index in [0.717, 1.165) is 43.2 Å². The van der Waals surface area contributed by atoms with E-state index < -0.39 is 0 Å². The normalized spacial score (nSPS) is 26.2. The van der Waals surface area contributed by atoms with E-state index in [-0.39, 0.29) is 24.7 Å². The smallest absolute Gasteiger partial charge is 0.249 e. The van der Waals surface area contributed by atoms with E-state index in [0.29, 0.717) is 13.2 Å². The third-order valence-corrected chi connectivity index (χ3v) is 5.45. The lowest BCUT2D eigenvalue weighted by Gasteiger charge is -2.40. The molecule has 6 nitrogen and oxygen atoms in total. The third kappa shape index (κ3) is 4.09. The Hall–Kier alpha value is -1.02. The second kappa shape index (κ2) is 7.70. The van der Waals surface area contributed by atoms with Crippen LogP contribution in [0.5, 0.6) is 0 Å². The minimum Gasteiger partial charge on any atom is -0.383 e. The third-order valence-electron chi connectivity index (χ3n) is 4.63. The van der Waals surface area contributed by atoms with Crippen molar-refractivity contribution in [1.29, 1.82) is 0 Å². The van der Waals surface area contributed by atoms with Crippen molar-refractivity contribution in [3.63, 3.8) is 0 Å². The number of rotatable bonds is 5. The highest BCUT2D eigenvalue weighted by Gasteiger charge is 2.38. The summed E-state index contributed by atoms with van der Waals surface area (Å²) in [5, 5.41) is 3.25. The number of morpholine rings is 1. The number of amides is 1. The molecule has 1 aromatic heterocycles. The summed E-state index contributed by atoms with van der Waals surface area (Å²) in [6, 6.07) is 0.175. The zero-order chi connectivity index (χ0) is 16.2. The minimum absolute atomic E-state index is 0.0897. The summed E-state index contributed by atoms with van der Waals surface area (Å²) in [6.45, 7) is 6.33. The Labute approximate surface area is 141 Å². The zero-order valence-corrected chi connectivity index (χ0v) is 14.7. The Kier molecular flexibility index (Phi) is 5.63. The van der Waals surface area contributed by atoms with Gasteiger partial charge in [-0.05, 0) is 19.8 Å². The lowest BCUT2D eigenvalue weighted by atomic mass is 10.0. The second-order valence-electron chi connectivity index (χ2n) is 6.21. The van der Waals surface area contributed by atoms with Gasteiger partial charge in [-0.1, -0.05) is 0 Å². The largest absolute Gasteiger partial charge is 0.383 e. The number of hydrogen-bond donors (Lipinski definition) is 0. The van der Waals surface area contributed by atoms with Crippen molar-refractivity contribution in [1.82, 2.24) is 14.8 Å². The van der Waals surface area contributed by atoms with Crippen LogP contribution >= 0.6 is 11.3 Å². The van der Waals surface area contributed by atoms with Gasteiger partial charge in [0.2, 0.25) is 5.91 Å². The Morgan fingerprint density at radius 3 is 3.00 bits per heavy atom. The molecule has 7 heteroatoms. The number of thiazole rings is 1. The van der Waals surface area contributed by atoms with Crippen molar-refractivity contribution >= 4 is 17.2 Å². The van der Waals surface area contributed by atoms with Gasteiger partial charge < -0.3 is 14.4 Å². The number of carbonyl (C=O) groups is 1. The van der Waals surface area contributed by atoms with Gasteiger partial charge in [0.05, 0.1) is 29.5 Å². The molecule has 0 N–H and O–H groups in total. The fourth-order valence-electron chi connectivity index (χ4n) is 3.46. The SMILES string of the molecule is COCCN1C(=O)CO[C@H]2CCN(Cc3csc(C)n3)CC[C@@H]21. The Morgan fingerprint density at radius 1 is 1.43 bits per heavy atom. The topological polar surface area (TPSA) is 54.9 Å². The summed E-state index contributed by atoms with van der Waals surface area (Å²) in [5.41, 5.74) is 1.14. The predicted molar refractivity (Wildman–Crippen MR) is 88.5 cm³/mol. The van der Waals surface area contributed by atoms with Crippen molar-refractivity contribution in [2.75, 3.05) is 40.0 Å². The molecular weight excluding hydrogens is 314 g/mol. The van der Waals surface area contributed by atoms with Crippen LogP contribution in [0.1, 0.15) is 23.5 Å². The van der Waals surface area contributed by atoms with Crippen LogP contribution in [0.2, 0.25) is 0 Å². The maximum Gasteiger partial charge on any atom is 0.249 e. The van der Waals surface area contributed by atoms with Crippen LogP contribution in [-0.2, 0) is 20.8 Å². The number of methoxy groups -OCH3 is 1. The van der Waals surface area contributed by atoms with Crippen molar-refractivity contribution < 1.29 is 14.3 Å². The van der Waals surface area contributed by atoms with Gasteiger partial charge in [-0.25, -0.2) is 4.98 Å². The summed E-state index contributed by atoms with van der Waals surface area (Å²) >= 11 is 1.70. The van der Waals surface area contributed by atoms with Crippen LogP contribution in [0.15, 0.2) is 5.38 Å². The monoisotopic (exact) mass is 339 g/mol. The molecule has 2 saturated heterocycles. The van der Waals surface area contributed by atoms with Crippen LogP contribution in [0.25, 0.3) is 0 Å². The molecule has 23 heavy (non-hydrogen) atoms. The fourth-order valence-corrected chi connectivity index (χ4v) is 4.06. The van der Waals surface area contributed by atoms with Crippen LogP contribution < -0.4 is 0 Å². The first-order chi connectivity index (χ1) is 11.2. The molecule has 0 spiro atoms. The molecular formula is C16H25N3O3S.